The largest absolute Gasteiger partial charge is 0.496 e. The van der Waals surface area contributed by atoms with Crippen molar-refractivity contribution in [2.75, 3.05) is 7.11 Å². The van der Waals surface area contributed by atoms with Crippen molar-refractivity contribution in [3.05, 3.63) is 59.8 Å². The minimum atomic E-state index is 0.444. The standard InChI is InChI=1S/C16H17N3O/c1-20-16-9-5-2-6-12(16)11-19-15-8-4-3-7-13(15)14(10-17)18-19/h2-9H,10-11,17H2,1H3. The van der Waals surface area contributed by atoms with Gasteiger partial charge in [0.05, 0.1) is 24.9 Å². The van der Waals surface area contributed by atoms with Gasteiger partial charge in [-0.15, -0.1) is 0 Å². The molecule has 0 bridgehead atoms. The van der Waals surface area contributed by atoms with Crippen LogP contribution in [0.3, 0.4) is 0 Å². The first kappa shape index (κ1) is 12.7. The number of hydrogen-bond donors (Lipinski definition) is 1. The van der Waals surface area contributed by atoms with Crippen LogP contribution in [-0.2, 0) is 13.1 Å². The van der Waals surface area contributed by atoms with E-state index in [1.165, 1.54) is 0 Å². The number of rotatable bonds is 4. The van der Waals surface area contributed by atoms with Crippen molar-refractivity contribution in [1.82, 2.24) is 9.78 Å². The lowest BCUT2D eigenvalue weighted by Crippen LogP contribution is -2.05. The van der Waals surface area contributed by atoms with E-state index in [2.05, 4.69) is 23.3 Å². The SMILES string of the molecule is COc1ccccc1Cn1nc(CN)c2ccccc21. The van der Waals surface area contributed by atoms with Gasteiger partial charge in [-0.05, 0) is 12.1 Å². The molecule has 0 fully saturated rings. The lowest BCUT2D eigenvalue weighted by atomic mass is 10.2. The predicted molar refractivity (Wildman–Crippen MR) is 79.7 cm³/mol. The van der Waals surface area contributed by atoms with E-state index < -0.39 is 0 Å². The maximum absolute atomic E-state index is 5.78. The summed E-state index contributed by atoms with van der Waals surface area (Å²) in [6.45, 7) is 1.12. The monoisotopic (exact) mass is 267 g/mol. The molecule has 3 rings (SSSR count). The predicted octanol–water partition coefficient (Wildman–Crippen LogP) is 2.55. The number of nitrogens with two attached hydrogens (primary N) is 1. The molecule has 0 spiro atoms. The highest BCUT2D eigenvalue weighted by Crippen LogP contribution is 2.22. The number of fused-ring (bicyclic) bond motifs is 1. The zero-order valence-corrected chi connectivity index (χ0v) is 11.4. The second-order valence-corrected chi connectivity index (χ2v) is 4.64. The van der Waals surface area contributed by atoms with Crippen molar-refractivity contribution >= 4 is 10.9 Å². The van der Waals surface area contributed by atoms with Crippen LogP contribution in [0.4, 0.5) is 0 Å². The molecule has 102 valence electrons. The molecule has 0 radical (unpaired) electrons. The highest BCUT2D eigenvalue weighted by Gasteiger charge is 2.10. The van der Waals surface area contributed by atoms with E-state index in [-0.39, 0.29) is 0 Å². The molecule has 2 N–H and O–H groups in total. The highest BCUT2D eigenvalue weighted by molar-refractivity contribution is 5.82. The topological polar surface area (TPSA) is 53.1 Å². The molecule has 20 heavy (non-hydrogen) atoms. The molecule has 0 aliphatic carbocycles. The summed E-state index contributed by atoms with van der Waals surface area (Å²) < 4.78 is 7.38. The summed E-state index contributed by atoms with van der Waals surface area (Å²) in [7, 11) is 1.69. The maximum Gasteiger partial charge on any atom is 0.123 e. The van der Waals surface area contributed by atoms with Crippen LogP contribution in [0.25, 0.3) is 10.9 Å². The van der Waals surface area contributed by atoms with Gasteiger partial charge in [-0.1, -0.05) is 36.4 Å². The Labute approximate surface area is 117 Å². The van der Waals surface area contributed by atoms with Gasteiger partial charge in [-0.3, -0.25) is 4.68 Å². The van der Waals surface area contributed by atoms with Gasteiger partial charge in [-0.25, -0.2) is 0 Å². The molecular weight excluding hydrogens is 250 g/mol. The number of para-hydroxylation sites is 2. The first-order valence-corrected chi connectivity index (χ1v) is 6.60. The normalized spacial score (nSPS) is 10.9. The summed E-state index contributed by atoms with van der Waals surface area (Å²) in [6.07, 6.45) is 0. The third-order valence-corrected chi connectivity index (χ3v) is 3.44. The summed E-state index contributed by atoms with van der Waals surface area (Å²) in [5.74, 6) is 0.876. The third kappa shape index (κ3) is 2.14. The molecule has 4 nitrogen and oxygen atoms in total. The molecular formula is C16H17N3O. The maximum atomic E-state index is 5.78. The van der Waals surface area contributed by atoms with Gasteiger partial charge in [0.2, 0.25) is 0 Å². The smallest absolute Gasteiger partial charge is 0.123 e. The van der Waals surface area contributed by atoms with E-state index in [4.69, 9.17) is 10.5 Å². The van der Waals surface area contributed by atoms with E-state index in [1.807, 2.05) is 35.0 Å². The van der Waals surface area contributed by atoms with E-state index in [1.54, 1.807) is 7.11 Å². The van der Waals surface area contributed by atoms with Gasteiger partial charge in [0.1, 0.15) is 5.75 Å². The van der Waals surface area contributed by atoms with Crippen molar-refractivity contribution in [3.8, 4) is 5.75 Å². The molecule has 0 amide bonds. The van der Waals surface area contributed by atoms with Gasteiger partial charge in [0.15, 0.2) is 0 Å². The van der Waals surface area contributed by atoms with Crippen LogP contribution in [0.2, 0.25) is 0 Å². The van der Waals surface area contributed by atoms with Gasteiger partial charge in [0.25, 0.3) is 0 Å². The van der Waals surface area contributed by atoms with Gasteiger partial charge < -0.3 is 10.5 Å². The second-order valence-electron chi connectivity index (χ2n) is 4.64. The number of nitrogens with zero attached hydrogens (tertiary/aromatic N) is 2. The van der Waals surface area contributed by atoms with Crippen LogP contribution < -0.4 is 10.5 Å². The Bertz CT molecular complexity index is 733. The van der Waals surface area contributed by atoms with Crippen LogP contribution >= 0.6 is 0 Å². The molecule has 0 atom stereocenters. The third-order valence-electron chi connectivity index (χ3n) is 3.44. The summed E-state index contributed by atoms with van der Waals surface area (Å²) in [5, 5.41) is 5.73. The fraction of sp³-hybridized carbons (Fsp3) is 0.188. The van der Waals surface area contributed by atoms with Crippen molar-refractivity contribution in [2.24, 2.45) is 5.73 Å². The second kappa shape index (κ2) is 5.35. The molecule has 3 aromatic rings. The molecule has 0 aliphatic heterocycles. The molecule has 2 aromatic carbocycles. The number of methoxy groups -OCH3 is 1. The zero-order chi connectivity index (χ0) is 13.9. The molecule has 1 heterocycles. The van der Waals surface area contributed by atoms with Gasteiger partial charge in [-0.2, -0.15) is 5.10 Å². The molecule has 0 unspecified atom stereocenters. The quantitative estimate of drug-likeness (QED) is 0.790. The van der Waals surface area contributed by atoms with Crippen molar-refractivity contribution in [3.63, 3.8) is 0 Å². The Morgan fingerprint density at radius 3 is 2.65 bits per heavy atom. The average molecular weight is 267 g/mol. The van der Waals surface area contributed by atoms with Crippen molar-refractivity contribution < 1.29 is 4.74 Å². The Morgan fingerprint density at radius 2 is 1.85 bits per heavy atom. The Hall–Kier alpha value is -2.33. The molecule has 1 aromatic heterocycles. The number of benzene rings is 2. The summed E-state index contributed by atoms with van der Waals surface area (Å²) >= 11 is 0. The van der Waals surface area contributed by atoms with Gasteiger partial charge in [0, 0.05) is 17.5 Å². The Morgan fingerprint density at radius 1 is 1.10 bits per heavy atom. The lowest BCUT2D eigenvalue weighted by Gasteiger charge is -2.09. The first-order valence-electron chi connectivity index (χ1n) is 6.60. The van der Waals surface area contributed by atoms with Crippen molar-refractivity contribution in [1.29, 1.82) is 0 Å². The van der Waals surface area contributed by atoms with E-state index in [0.29, 0.717) is 13.1 Å². The Balaban J connectivity index is 2.07. The van der Waals surface area contributed by atoms with E-state index in [0.717, 1.165) is 27.9 Å². The van der Waals surface area contributed by atoms with Crippen LogP contribution in [-0.4, -0.2) is 16.9 Å². The van der Waals surface area contributed by atoms with Crippen LogP contribution in [0.1, 0.15) is 11.3 Å². The lowest BCUT2D eigenvalue weighted by molar-refractivity contribution is 0.407. The van der Waals surface area contributed by atoms with Crippen LogP contribution in [0.5, 0.6) is 5.75 Å². The minimum absolute atomic E-state index is 0.444. The highest BCUT2D eigenvalue weighted by atomic mass is 16.5. The number of aromatic nitrogens is 2. The van der Waals surface area contributed by atoms with Crippen LogP contribution in [0.15, 0.2) is 48.5 Å². The molecule has 0 saturated carbocycles. The Kier molecular flexibility index (Phi) is 3.39. The summed E-state index contributed by atoms with van der Waals surface area (Å²) in [4.78, 5) is 0. The van der Waals surface area contributed by atoms with Crippen molar-refractivity contribution in [2.45, 2.75) is 13.1 Å². The minimum Gasteiger partial charge on any atom is -0.496 e. The molecule has 0 aliphatic rings. The first-order chi connectivity index (χ1) is 9.83. The average Bonchev–Trinajstić information content (AvgIpc) is 2.86. The zero-order valence-electron chi connectivity index (χ0n) is 11.4. The number of ether oxygens (including phenoxy) is 1. The number of hydrogen-bond acceptors (Lipinski definition) is 3. The fourth-order valence-electron chi connectivity index (χ4n) is 2.46. The summed E-state index contributed by atoms with van der Waals surface area (Å²) in [5.41, 5.74) is 8.90. The summed E-state index contributed by atoms with van der Waals surface area (Å²) in [6, 6.07) is 16.1. The van der Waals surface area contributed by atoms with Crippen LogP contribution in [0, 0.1) is 0 Å². The van der Waals surface area contributed by atoms with Gasteiger partial charge >= 0.3 is 0 Å². The molecule has 0 saturated heterocycles. The van der Waals surface area contributed by atoms with E-state index >= 15 is 0 Å². The molecule has 4 heteroatoms. The van der Waals surface area contributed by atoms with E-state index in [9.17, 15) is 0 Å². The fourth-order valence-corrected chi connectivity index (χ4v) is 2.46.